The van der Waals surface area contributed by atoms with Gasteiger partial charge < -0.3 is 5.11 Å². The molecular formula is C21H13Br2N3O3S2. The van der Waals surface area contributed by atoms with E-state index >= 15 is 0 Å². The van der Waals surface area contributed by atoms with Crippen molar-refractivity contribution in [2.75, 3.05) is 6.54 Å². The van der Waals surface area contributed by atoms with Gasteiger partial charge in [0.05, 0.1) is 16.3 Å². The summed E-state index contributed by atoms with van der Waals surface area (Å²) >= 11 is 13.2. The first-order valence-corrected chi connectivity index (χ1v) is 11.7. The van der Waals surface area contributed by atoms with E-state index in [1.165, 1.54) is 0 Å². The molecule has 31 heavy (non-hydrogen) atoms. The van der Waals surface area contributed by atoms with Crippen LogP contribution in [0.1, 0.15) is 5.56 Å². The van der Waals surface area contributed by atoms with Crippen LogP contribution < -0.4 is 0 Å². The molecular weight excluding hydrogens is 566 g/mol. The molecule has 6 nitrogen and oxygen atoms in total. The third-order valence-corrected chi connectivity index (χ3v) is 6.84. The molecule has 0 spiro atoms. The van der Waals surface area contributed by atoms with Crippen molar-refractivity contribution < 1.29 is 14.7 Å². The average molecular weight is 579 g/mol. The van der Waals surface area contributed by atoms with Crippen LogP contribution >= 0.6 is 55.8 Å². The van der Waals surface area contributed by atoms with Gasteiger partial charge in [-0.15, -0.1) is 0 Å². The van der Waals surface area contributed by atoms with Crippen LogP contribution in [0.2, 0.25) is 0 Å². The van der Waals surface area contributed by atoms with Crippen molar-refractivity contribution >= 4 is 78.1 Å². The number of nitrogens with zero attached hydrogens (tertiary/aromatic N) is 3. The normalized spacial score (nSPS) is 15.2. The van der Waals surface area contributed by atoms with E-state index in [2.05, 4.69) is 31.9 Å². The van der Waals surface area contributed by atoms with Gasteiger partial charge in [-0.25, -0.2) is 4.68 Å². The lowest BCUT2D eigenvalue weighted by atomic mass is 10.1. The number of aromatic nitrogens is 2. The Balaban J connectivity index is 1.79. The number of carbonyl (C=O) groups excluding carboxylic acids is 1. The smallest absolute Gasteiger partial charge is 0.323 e. The predicted molar refractivity (Wildman–Crippen MR) is 132 cm³/mol. The van der Waals surface area contributed by atoms with Gasteiger partial charge in [-0.05, 0) is 42.5 Å². The molecule has 2 aromatic carbocycles. The number of hydrogen-bond donors (Lipinski definition) is 1. The standard InChI is InChI=1S/C21H13Br2N3O3S2/c22-14-3-1-12(2-4-14)19-13(10-26(24-19)16-7-5-15(23)6-8-16)9-17-20(29)25(11-18(27)28)21(30)31-17/h1-10H,11H2,(H,27,28). The molecule has 1 fully saturated rings. The highest BCUT2D eigenvalue weighted by molar-refractivity contribution is 9.10. The van der Waals surface area contributed by atoms with Crippen molar-refractivity contribution in [2.45, 2.75) is 0 Å². The Morgan fingerprint density at radius 3 is 2.32 bits per heavy atom. The first-order chi connectivity index (χ1) is 14.8. The molecule has 1 aliphatic rings. The summed E-state index contributed by atoms with van der Waals surface area (Å²) in [6.45, 7) is -0.459. The van der Waals surface area contributed by atoms with Crippen molar-refractivity contribution in [2.24, 2.45) is 0 Å². The zero-order valence-electron chi connectivity index (χ0n) is 15.7. The van der Waals surface area contributed by atoms with Crippen molar-refractivity contribution in [1.29, 1.82) is 0 Å². The Morgan fingerprint density at radius 1 is 1.10 bits per heavy atom. The summed E-state index contributed by atoms with van der Waals surface area (Å²) in [6, 6.07) is 15.4. The van der Waals surface area contributed by atoms with Crippen molar-refractivity contribution in [3.63, 3.8) is 0 Å². The molecule has 0 saturated carbocycles. The predicted octanol–water partition coefficient (Wildman–Crippen LogP) is 5.35. The molecule has 0 aliphatic carbocycles. The van der Waals surface area contributed by atoms with E-state index in [9.17, 15) is 9.59 Å². The summed E-state index contributed by atoms with van der Waals surface area (Å²) in [5, 5.41) is 13.8. The van der Waals surface area contributed by atoms with Crippen molar-refractivity contribution in [3.8, 4) is 16.9 Å². The number of rotatable bonds is 5. The summed E-state index contributed by atoms with van der Waals surface area (Å²) in [5.74, 6) is -1.54. The Hall–Kier alpha value is -2.27. The molecule has 1 amide bonds. The van der Waals surface area contributed by atoms with E-state index < -0.39 is 18.4 Å². The summed E-state index contributed by atoms with van der Waals surface area (Å²) < 4.78 is 3.87. The van der Waals surface area contributed by atoms with Gasteiger partial charge in [0.15, 0.2) is 0 Å². The van der Waals surface area contributed by atoms with E-state index in [4.69, 9.17) is 22.4 Å². The number of benzene rings is 2. The number of hydrogen-bond acceptors (Lipinski definition) is 5. The second-order valence-corrected chi connectivity index (χ2v) is 10.0. The van der Waals surface area contributed by atoms with Crippen LogP contribution in [0.4, 0.5) is 0 Å². The lowest BCUT2D eigenvalue weighted by Gasteiger charge is -2.10. The van der Waals surface area contributed by atoms with E-state index in [-0.39, 0.29) is 4.32 Å². The van der Waals surface area contributed by atoms with Gasteiger partial charge in [0, 0.05) is 26.3 Å². The van der Waals surface area contributed by atoms with E-state index in [0.29, 0.717) is 10.6 Å². The molecule has 0 bridgehead atoms. The number of thiocarbonyl (C=S) groups is 1. The Morgan fingerprint density at radius 2 is 1.71 bits per heavy atom. The lowest BCUT2D eigenvalue weighted by Crippen LogP contribution is -2.33. The zero-order valence-corrected chi connectivity index (χ0v) is 20.5. The van der Waals surface area contributed by atoms with Crippen LogP contribution in [-0.4, -0.2) is 42.5 Å². The molecule has 156 valence electrons. The van der Waals surface area contributed by atoms with Gasteiger partial charge in [0.1, 0.15) is 10.9 Å². The molecule has 1 saturated heterocycles. The minimum Gasteiger partial charge on any atom is -0.480 e. The third kappa shape index (κ3) is 4.82. The number of thioether (sulfide) groups is 1. The maximum absolute atomic E-state index is 12.7. The van der Waals surface area contributed by atoms with Crippen LogP contribution in [0.5, 0.6) is 0 Å². The Bertz CT molecular complexity index is 1220. The fraction of sp³-hybridized carbons (Fsp3) is 0.0476. The fourth-order valence-electron chi connectivity index (χ4n) is 2.96. The third-order valence-electron chi connectivity index (χ3n) is 4.40. The van der Waals surface area contributed by atoms with Crippen LogP contribution in [0.3, 0.4) is 0 Å². The number of aliphatic carboxylic acids is 1. The van der Waals surface area contributed by atoms with Gasteiger partial charge in [0.2, 0.25) is 0 Å². The fourth-order valence-corrected chi connectivity index (χ4v) is 4.74. The molecule has 0 unspecified atom stereocenters. The lowest BCUT2D eigenvalue weighted by molar-refractivity contribution is -0.140. The van der Waals surface area contributed by atoms with E-state index in [1.54, 1.807) is 10.8 Å². The zero-order chi connectivity index (χ0) is 22.1. The SMILES string of the molecule is O=C(O)CN1C(=O)C(=Cc2cn(-c3ccc(Br)cc3)nc2-c2ccc(Br)cc2)SC1=S. The molecule has 4 rings (SSSR count). The van der Waals surface area contributed by atoms with Crippen LogP contribution in [0.25, 0.3) is 23.0 Å². The molecule has 3 aromatic rings. The largest absolute Gasteiger partial charge is 0.480 e. The summed E-state index contributed by atoms with van der Waals surface area (Å²) in [7, 11) is 0. The number of carbonyl (C=O) groups is 2. The van der Waals surface area contributed by atoms with E-state index in [0.717, 1.165) is 42.4 Å². The van der Waals surface area contributed by atoms with Gasteiger partial charge >= 0.3 is 5.97 Å². The van der Waals surface area contributed by atoms with Gasteiger partial charge in [-0.3, -0.25) is 14.5 Å². The van der Waals surface area contributed by atoms with Gasteiger partial charge in [-0.2, -0.15) is 5.10 Å². The van der Waals surface area contributed by atoms with Gasteiger partial charge in [0.25, 0.3) is 5.91 Å². The number of amides is 1. The summed E-state index contributed by atoms with van der Waals surface area (Å²) in [6.07, 6.45) is 3.55. The van der Waals surface area contributed by atoms with E-state index in [1.807, 2.05) is 54.7 Å². The van der Waals surface area contributed by atoms with Crippen LogP contribution in [0, 0.1) is 0 Å². The van der Waals surface area contributed by atoms with Gasteiger partial charge in [-0.1, -0.05) is 68.0 Å². The quantitative estimate of drug-likeness (QED) is 0.325. The van der Waals surface area contributed by atoms with Crippen LogP contribution in [0.15, 0.2) is 68.6 Å². The Kier molecular flexibility index (Phi) is 6.42. The van der Waals surface area contributed by atoms with Crippen LogP contribution in [-0.2, 0) is 9.59 Å². The topological polar surface area (TPSA) is 75.4 Å². The summed E-state index contributed by atoms with van der Waals surface area (Å²) in [4.78, 5) is 25.2. The average Bonchev–Trinajstić information content (AvgIpc) is 3.26. The molecule has 0 radical (unpaired) electrons. The van der Waals surface area contributed by atoms with Crippen molar-refractivity contribution in [3.05, 3.63) is 74.1 Å². The first-order valence-electron chi connectivity index (χ1n) is 8.90. The summed E-state index contributed by atoms with van der Waals surface area (Å²) in [5.41, 5.74) is 3.16. The second kappa shape index (κ2) is 9.07. The molecule has 2 heterocycles. The van der Waals surface area contributed by atoms with Crippen molar-refractivity contribution in [1.82, 2.24) is 14.7 Å². The molecule has 1 aliphatic heterocycles. The molecule has 1 N–H and O–H groups in total. The first kappa shape index (κ1) is 21.9. The number of halogens is 2. The Labute approximate surface area is 204 Å². The minimum atomic E-state index is -1.11. The molecule has 0 atom stereocenters. The maximum Gasteiger partial charge on any atom is 0.323 e. The molecule has 1 aromatic heterocycles. The monoisotopic (exact) mass is 577 g/mol. The number of carboxylic acid groups (broad SMARTS) is 1. The highest BCUT2D eigenvalue weighted by Gasteiger charge is 2.33. The second-order valence-electron chi connectivity index (χ2n) is 6.52. The number of carboxylic acids is 1. The highest BCUT2D eigenvalue weighted by atomic mass is 79.9. The molecule has 10 heteroatoms. The highest BCUT2D eigenvalue weighted by Crippen LogP contribution is 2.35. The maximum atomic E-state index is 12.7. The minimum absolute atomic E-state index is 0.226.